The molecule has 3 unspecified atom stereocenters. The molecule has 11 heteroatoms. The normalized spacial score (nSPS) is 34.3. The molecular formula is C24H38BrN3O7. The minimum absolute atomic E-state index is 0.130. The summed E-state index contributed by atoms with van der Waals surface area (Å²) in [4.78, 5) is 44.0. The number of aliphatic hydroxyl groups excluding tert-OH is 1. The van der Waals surface area contributed by atoms with Crippen molar-refractivity contribution in [3.05, 3.63) is 0 Å². The Kier molecular flexibility index (Phi) is 9.07. The predicted molar refractivity (Wildman–Crippen MR) is 130 cm³/mol. The molecule has 1 spiro atoms. The minimum atomic E-state index is -1.04. The summed E-state index contributed by atoms with van der Waals surface area (Å²) in [6.45, 7) is 6.76. The number of nitrogens with zero attached hydrogens (tertiary/aromatic N) is 2. The number of carbonyl (C=O) groups is 3. The highest BCUT2D eigenvalue weighted by atomic mass is 79.9. The van der Waals surface area contributed by atoms with Crippen molar-refractivity contribution in [1.82, 2.24) is 15.1 Å². The van der Waals surface area contributed by atoms with Crippen molar-refractivity contribution in [3.8, 4) is 0 Å². The van der Waals surface area contributed by atoms with Gasteiger partial charge in [0.05, 0.1) is 37.8 Å². The number of likely N-dealkylation sites (tertiary alicyclic amines) is 1. The van der Waals surface area contributed by atoms with E-state index < -0.39 is 35.6 Å². The van der Waals surface area contributed by atoms with Gasteiger partial charge in [-0.15, -0.1) is 0 Å². The van der Waals surface area contributed by atoms with Crippen LogP contribution in [-0.4, -0.2) is 114 Å². The summed E-state index contributed by atoms with van der Waals surface area (Å²) in [6, 6.07) is -0.785. The summed E-state index contributed by atoms with van der Waals surface area (Å²) in [5.74, 6) is -2.29. The van der Waals surface area contributed by atoms with Gasteiger partial charge in [0.1, 0.15) is 11.6 Å². The van der Waals surface area contributed by atoms with Crippen molar-refractivity contribution in [2.24, 2.45) is 11.8 Å². The van der Waals surface area contributed by atoms with E-state index >= 15 is 0 Å². The van der Waals surface area contributed by atoms with Crippen molar-refractivity contribution in [2.75, 3.05) is 59.2 Å². The lowest BCUT2D eigenvalue weighted by Crippen LogP contribution is -2.56. The fourth-order valence-corrected chi connectivity index (χ4v) is 7.13. The van der Waals surface area contributed by atoms with Gasteiger partial charge in [-0.1, -0.05) is 28.8 Å². The summed E-state index contributed by atoms with van der Waals surface area (Å²) in [5.41, 5.74) is -1.04. The van der Waals surface area contributed by atoms with Crippen LogP contribution in [0.5, 0.6) is 0 Å². The Labute approximate surface area is 215 Å². The van der Waals surface area contributed by atoms with Crippen molar-refractivity contribution in [2.45, 2.75) is 61.6 Å². The van der Waals surface area contributed by atoms with E-state index in [1.807, 2.05) is 0 Å². The van der Waals surface area contributed by atoms with E-state index in [2.05, 4.69) is 26.1 Å². The van der Waals surface area contributed by atoms with E-state index in [0.717, 1.165) is 32.4 Å². The lowest BCUT2D eigenvalue weighted by Gasteiger charge is -2.34. The zero-order valence-corrected chi connectivity index (χ0v) is 22.0. The lowest BCUT2D eigenvalue weighted by molar-refractivity contribution is -0.154. The zero-order valence-electron chi connectivity index (χ0n) is 20.5. The third-order valence-corrected chi connectivity index (χ3v) is 8.58. The largest absolute Gasteiger partial charge is 0.466 e. The van der Waals surface area contributed by atoms with Gasteiger partial charge in [0, 0.05) is 44.2 Å². The highest BCUT2D eigenvalue weighted by Crippen LogP contribution is 2.60. The number of halogens is 1. The summed E-state index contributed by atoms with van der Waals surface area (Å²) >= 11 is 3.65. The van der Waals surface area contributed by atoms with Gasteiger partial charge in [-0.05, 0) is 26.2 Å². The maximum Gasteiger partial charge on any atom is 0.312 e. The number of morpholine rings is 1. The zero-order chi connectivity index (χ0) is 25.0. The van der Waals surface area contributed by atoms with Crippen LogP contribution < -0.4 is 5.32 Å². The first kappa shape index (κ1) is 26.8. The Morgan fingerprint density at radius 1 is 1.20 bits per heavy atom. The predicted octanol–water partition coefficient (Wildman–Crippen LogP) is 0.299. The number of fused-ring (bicyclic) bond motifs is 1. The number of unbranched alkanes of at least 4 members (excludes halogenated alkanes) is 3. The molecule has 4 heterocycles. The number of hydrogen-bond acceptors (Lipinski definition) is 8. The minimum Gasteiger partial charge on any atom is -0.466 e. The molecule has 6 atom stereocenters. The van der Waals surface area contributed by atoms with Crippen LogP contribution in [-0.2, 0) is 28.6 Å². The quantitative estimate of drug-likeness (QED) is 0.199. The van der Waals surface area contributed by atoms with Gasteiger partial charge in [0.25, 0.3) is 0 Å². The molecule has 0 aromatic carbocycles. The summed E-state index contributed by atoms with van der Waals surface area (Å²) in [6.07, 6.45) is 3.14. The number of aliphatic hydroxyl groups is 1. The smallest absolute Gasteiger partial charge is 0.312 e. The Balaban J connectivity index is 1.51. The average molecular weight is 560 g/mol. The van der Waals surface area contributed by atoms with E-state index in [-0.39, 0.29) is 29.9 Å². The van der Waals surface area contributed by atoms with Gasteiger partial charge in [-0.2, -0.15) is 0 Å². The molecule has 10 nitrogen and oxygen atoms in total. The fraction of sp³-hybridized carbons (Fsp3) is 0.875. The molecule has 198 valence electrons. The summed E-state index contributed by atoms with van der Waals surface area (Å²) < 4.78 is 17.1. The van der Waals surface area contributed by atoms with Crippen LogP contribution in [0.2, 0.25) is 0 Å². The molecule has 4 saturated heterocycles. The molecule has 35 heavy (non-hydrogen) atoms. The molecule has 4 fully saturated rings. The molecule has 0 aromatic heterocycles. The van der Waals surface area contributed by atoms with E-state index in [4.69, 9.17) is 19.3 Å². The van der Waals surface area contributed by atoms with Gasteiger partial charge in [0.15, 0.2) is 0 Å². The van der Waals surface area contributed by atoms with Crippen LogP contribution in [0.3, 0.4) is 0 Å². The molecule has 0 aromatic rings. The van der Waals surface area contributed by atoms with E-state index in [9.17, 15) is 14.4 Å². The molecule has 4 rings (SSSR count). The fourth-order valence-electron chi connectivity index (χ4n) is 6.18. The van der Waals surface area contributed by atoms with E-state index in [1.165, 1.54) is 0 Å². The van der Waals surface area contributed by atoms with Gasteiger partial charge in [0.2, 0.25) is 11.8 Å². The van der Waals surface area contributed by atoms with Crippen LogP contribution in [0, 0.1) is 11.8 Å². The second kappa shape index (κ2) is 11.9. The standard InChI is InChI=1S/C24H38BrN3O7/c1-2-34-23(32)17-18-22(31)28(8-5-3-4-6-12-29)20(24(18)15-16(25)19(17)35-24)21(30)26-7-9-27-10-13-33-14-11-27/h16-20,29H,2-15H2,1H3,(H,26,30)/t16?,17-,18-,19-,20?,24?/m0/s1. The highest BCUT2D eigenvalue weighted by molar-refractivity contribution is 9.09. The Hall–Kier alpha value is -1.27. The van der Waals surface area contributed by atoms with Crippen molar-refractivity contribution < 1.29 is 33.7 Å². The topological polar surface area (TPSA) is 118 Å². The molecule has 0 aliphatic carbocycles. The number of carbonyl (C=O) groups excluding carboxylic acids is 3. The van der Waals surface area contributed by atoms with Crippen LogP contribution in [0.25, 0.3) is 0 Å². The number of amides is 2. The molecule has 0 radical (unpaired) electrons. The molecule has 2 N–H and O–H groups in total. The number of nitrogens with one attached hydrogen (secondary N) is 1. The third-order valence-electron chi connectivity index (χ3n) is 7.73. The van der Waals surface area contributed by atoms with E-state index in [0.29, 0.717) is 45.7 Å². The third kappa shape index (κ3) is 5.25. The molecule has 4 aliphatic rings. The first-order chi connectivity index (χ1) is 16.9. The first-order valence-corrected chi connectivity index (χ1v) is 13.8. The van der Waals surface area contributed by atoms with Crippen LogP contribution >= 0.6 is 15.9 Å². The monoisotopic (exact) mass is 559 g/mol. The first-order valence-electron chi connectivity index (χ1n) is 12.9. The average Bonchev–Trinajstić information content (AvgIpc) is 3.43. The van der Waals surface area contributed by atoms with Crippen molar-refractivity contribution >= 4 is 33.7 Å². The van der Waals surface area contributed by atoms with E-state index in [1.54, 1.807) is 11.8 Å². The molecule has 2 amide bonds. The van der Waals surface area contributed by atoms with Gasteiger partial charge >= 0.3 is 5.97 Å². The van der Waals surface area contributed by atoms with Crippen molar-refractivity contribution in [3.63, 3.8) is 0 Å². The van der Waals surface area contributed by atoms with Gasteiger partial charge in [-0.25, -0.2) is 0 Å². The molecular weight excluding hydrogens is 522 g/mol. The van der Waals surface area contributed by atoms with Crippen molar-refractivity contribution in [1.29, 1.82) is 0 Å². The molecule has 2 bridgehead atoms. The molecule has 4 aliphatic heterocycles. The maximum atomic E-state index is 13.7. The Bertz CT molecular complexity index is 780. The maximum absolute atomic E-state index is 13.7. The second-order valence-electron chi connectivity index (χ2n) is 9.83. The van der Waals surface area contributed by atoms with Crippen LogP contribution in [0.4, 0.5) is 0 Å². The number of esters is 1. The van der Waals surface area contributed by atoms with Gasteiger partial charge in [-0.3, -0.25) is 19.3 Å². The molecule has 0 saturated carbocycles. The number of ether oxygens (including phenoxy) is 3. The lowest BCUT2D eigenvalue weighted by atomic mass is 9.70. The highest BCUT2D eigenvalue weighted by Gasteiger charge is 2.76. The summed E-state index contributed by atoms with van der Waals surface area (Å²) in [7, 11) is 0. The summed E-state index contributed by atoms with van der Waals surface area (Å²) in [5, 5.41) is 12.1. The Morgan fingerprint density at radius 2 is 1.94 bits per heavy atom. The number of rotatable bonds is 12. The Morgan fingerprint density at radius 3 is 2.66 bits per heavy atom. The SMILES string of the molecule is CCOC(=O)[C@H]1[C@H]2C(=O)N(CCCCCCO)C(C(=O)NCCN3CCOCC3)C23CC(Br)[C@@H]1O3. The number of hydrogen-bond donors (Lipinski definition) is 2. The second-order valence-corrected chi connectivity index (χ2v) is 11.0. The van der Waals surface area contributed by atoms with Crippen LogP contribution in [0.1, 0.15) is 39.0 Å². The van der Waals surface area contributed by atoms with Crippen LogP contribution in [0.15, 0.2) is 0 Å². The van der Waals surface area contributed by atoms with Gasteiger partial charge < -0.3 is 29.5 Å². The number of alkyl halides is 1.